The molecule has 0 aromatic carbocycles. The minimum Gasteiger partial charge on any atom is -0.218 e. The van der Waals surface area contributed by atoms with Gasteiger partial charge in [-0.2, -0.15) is 4.39 Å². The molecule has 3 heteroatoms. The van der Waals surface area contributed by atoms with Crippen LogP contribution < -0.4 is 0 Å². The lowest BCUT2D eigenvalue weighted by Gasteiger charge is -1.94. The Labute approximate surface area is 57.6 Å². The SMILES string of the molecule is CC(C)c1cnc(F)s1. The lowest BCUT2D eigenvalue weighted by Crippen LogP contribution is -1.77. The number of halogens is 1. The normalized spacial score (nSPS) is 10.7. The maximum absolute atomic E-state index is 12.2. The van der Waals surface area contributed by atoms with Crippen LogP contribution in [0, 0.1) is 5.26 Å². The van der Waals surface area contributed by atoms with Gasteiger partial charge in [-0.3, -0.25) is 0 Å². The van der Waals surface area contributed by atoms with Crippen molar-refractivity contribution in [2.75, 3.05) is 0 Å². The predicted molar refractivity (Wildman–Crippen MR) is 36.2 cm³/mol. The second kappa shape index (κ2) is 2.43. The molecular formula is C6H8FNS. The van der Waals surface area contributed by atoms with Gasteiger partial charge in [0.05, 0.1) is 0 Å². The summed E-state index contributed by atoms with van der Waals surface area (Å²) in [6.07, 6.45) is 1.59. The van der Waals surface area contributed by atoms with Crippen LogP contribution in [0.4, 0.5) is 4.39 Å². The van der Waals surface area contributed by atoms with E-state index in [-0.39, 0.29) is 5.26 Å². The van der Waals surface area contributed by atoms with Crippen molar-refractivity contribution in [3.63, 3.8) is 0 Å². The molecule has 0 fully saturated rings. The van der Waals surface area contributed by atoms with E-state index in [9.17, 15) is 4.39 Å². The lowest BCUT2D eigenvalue weighted by molar-refractivity contribution is 0.617. The zero-order valence-electron chi connectivity index (χ0n) is 5.39. The van der Waals surface area contributed by atoms with Crippen molar-refractivity contribution in [2.24, 2.45) is 0 Å². The fourth-order valence-electron chi connectivity index (χ4n) is 0.531. The summed E-state index contributed by atoms with van der Waals surface area (Å²) in [4.78, 5) is 4.50. The van der Waals surface area contributed by atoms with Gasteiger partial charge >= 0.3 is 0 Å². The molecule has 0 atom stereocenters. The smallest absolute Gasteiger partial charge is 0.218 e. The lowest BCUT2D eigenvalue weighted by atomic mass is 10.2. The molecule has 0 radical (unpaired) electrons. The van der Waals surface area contributed by atoms with Gasteiger partial charge in [-0.15, -0.1) is 0 Å². The van der Waals surface area contributed by atoms with Crippen LogP contribution in [0.3, 0.4) is 0 Å². The summed E-state index contributed by atoms with van der Waals surface area (Å²) in [6.45, 7) is 4.04. The van der Waals surface area contributed by atoms with Gasteiger partial charge in [-0.25, -0.2) is 4.98 Å². The van der Waals surface area contributed by atoms with E-state index >= 15 is 0 Å². The van der Waals surface area contributed by atoms with Crippen LogP contribution in [-0.4, -0.2) is 4.98 Å². The largest absolute Gasteiger partial charge is 0.269 e. The average Bonchev–Trinajstić information content (AvgIpc) is 2.14. The van der Waals surface area contributed by atoms with Crippen LogP contribution in [0.25, 0.3) is 0 Å². The van der Waals surface area contributed by atoms with E-state index in [1.54, 1.807) is 6.20 Å². The first-order chi connectivity index (χ1) is 4.20. The second-order valence-corrected chi connectivity index (χ2v) is 3.18. The fraction of sp³-hybridized carbons (Fsp3) is 0.500. The number of thiazole rings is 1. The minimum absolute atomic E-state index is 0.335. The molecule has 0 amide bonds. The Hall–Kier alpha value is -0.440. The summed E-state index contributed by atoms with van der Waals surface area (Å²) in [5.41, 5.74) is 0. The van der Waals surface area contributed by atoms with E-state index in [4.69, 9.17) is 0 Å². The van der Waals surface area contributed by atoms with E-state index in [1.165, 1.54) is 0 Å². The van der Waals surface area contributed by atoms with E-state index < -0.39 is 0 Å². The zero-order valence-corrected chi connectivity index (χ0v) is 6.20. The molecule has 0 saturated carbocycles. The van der Waals surface area contributed by atoms with Crippen molar-refractivity contribution in [2.45, 2.75) is 19.8 Å². The number of rotatable bonds is 1. The van der Waals surface area contributed by atoms with Crippen molar-refractivity contribution in [1.29, 1.82) is 0 Å². The number of hydrogen-bond acceptors (Lipinski definition) is 2. The van der Waals surface area contributed by atoms with Gasteiger partial charge in [0.1, 0.15) is 0 Å². The van der Waals surface area contributed by atoms with Crippen LogP contribution in [0.2, 0.25) is 0 Å². The quantitative estimate of drug-likeness (QED) is 0.591. The monoisotopic (exact) mass is 145 g/mol. The van der Waals surface area contributed by atoms with E-state index in [2.05, 4.69) is 4.98 Å². The predicted octanol–water partition coefficient (Wildman–Crippen LogP) is 2.41. The third kappa shape index (κ3) is 1.48. The van der Waals surface area contributed by atoms with Crippen molar-refractivity contribution < 1.29 is 4.39 Å². The van der Waals surface area contributed by atoms with Crippen LogP contribution >= 0.6 is 11.3 Å². The molecule has 1 heterocycles. The summed E-state index contributed by atoms with van der Waals surface area (Å²) >= 11 is 1.12. The first-order valence-electron chi connectivity index (χ1n) is 2.81. The topological polar surface area (TPSA) is 12.9 Å². The van der Waals surface area contributed by atoms with Gasteiger partial charge in [0.15, 0.2) is 0 Å². The molecular weight excluding hydrogens is 137 g/mol. The van der Waals surface area contributed by atoms with Gasteiger partial charge < -0.3 is 0 Å². The van der Waals surface area contributed by atoms with Crippen LogP contribution in [0.15, 0.2) is 6.20 Å². The highest BCUT2D eigenvalue weighted by Crippen LogP contribution is 2.19. The molecule has 0 aliphatic carbocycles. The van der Waals surface area contributed by atoms with Crippen molar-refractivity contribution >= 4 is 11.3 Å². The fourth-order valence-corrected chi connectivity index (χ4v) is 1.17. The standard InChI is InChI=1S/C6H8FNS/c1-4(2)5-3-8-6(7)9-5/h3-4H,1-2H3. The summed E-state index contributed by atoms with van der Waals surface area (Å²) in [5, 5.41) is -0.335. The first kappa shape index (κ1) is 6.68. The molecule has 0 aliphatic rings. The average molecular weight is 145 g/mol. The second-order valence-electron chi connectivity index (χ2n) is 2.17. The molecule has 1 nitrogen and oxygen atoms in total. The highest BCUT2D eigenvalue weighted by atomic mass is 32.1. The Kier molecular flexibility index (Phi) is 1.81. The molecule has 0 N–H and O–H groups in total. The van der Waals surface area contributed by atoms with Gasteiger partial charge in [-0.1, -0.05) is 25.2 Å². The van der Waals surface area contributed by atoms with E-state index in [0.717, 1.165) is 16.2 Å². The van der Waals surface area contributed by atoms with Gasteiger partial charge in [0.25, 0.3) is 5.26 Å². The molecule has 0 bridgehead atoms. The van der Waals surface area contributed by atoms with E-state index in [1.807, 2.05) is 13.8 Å². The maximum atomic E-state index is 12.2. The molecule has 1 aromatic heterocycles. The first-order valence-corrected chi connectivity index (χ1v) is 3.63. The molecule has 0 unspecified atom stereocenters. The van der Waals surface area contributed by atoms with Crippen molar-refractivity contribution in [3.8, 4) is 0 Å². The summed E-state index contributed by atoms with van der Waals surface area (Å²) in [7, 11) is 0. The molecule has 0 spiro atoms. The minimum atomic E-state index is -0.335. The summed E-state index contributed by atoms with van der Waals surface area (Å²) in [6, 6.07) is 0. The van der Waals surface area contributed by atoms with Crippen LogP contribution in [0.1, 0.15) is 24.6 Å². The number of nitrogens with zero attached hydrogens (tertiary/aromatic N) is 1. The van der Waals surface area contributed by atoms with Crippen LogP contribution in [-0.2, 0) is 0 Å². The molecule has 1 rings (SSSR count). The molecule has 0 saturated heterocycles. The highest BCUT2D eigenvalue weighted by Gasteiger charge is 2.02. The maximum Gasteiger partial charge on any atom is 0.269 e. The zero-order chi connectivity index (χ0) is 6.85. The Balaban J connectivity index is 2.85. The third-order valence-corrected chi connectivity index (χ3v) is 2.15. The summed E-state index contributed by atoms with van der Waals surface area (Å²) < 4.78 is 12.2. The summed E-state index contributed by atoms with van der Waals surface area (Å²) in [5.74, 6) is 0.395. The Morgan fingerprint density at radius 3 is 2.56 bits per heavy atom. The Bertz CT molecular complexity index is 195. The van der Waals surface area contributed by atoms with Gasteiger partial charge in [-0.05, 0) is 5.92 Å². The molecule has 1 aromatic rings. The number of aromatic nitrogens is 1. The highest BCUT2D eigenvalue weighted by molar-refractivity contribution is 7.10. The molecule has 0 aliphatic heterocycles. The van der Waals surface area contributed by atoms with Crippen molar-refractivity contribution in [3.05, 3.63) is 16.3 Å². The van der Waals surface area contributed by atoms with Gasteiger partial charge in [0.2, 0.25) is 0 Å². The van der Waals surface area contributed by atoms with E-state index in [0.29, 0.717) is 5.92 Å². The Morgan fingerprint density at radius 1 is 1.67 bits per heavy atom. The number of hydrogen-bond donors (Lipinski definition) is 0. The molecule has 50 valence electrons. The van der Waals surface area contributed by atoms with Crippen LogP contribution in [0.5, 0.6) is 0 Å². The molecule has 9 heavy (non-hydrogen) atoms. The Morgan fingerprint density at radius 2 is 2.33 bits per heavy atom. The third-order valence-electron chi connectivity index (χ3n) is 1.06. The van der Waals surface area contributed by atoms with Gasteiger partial charge in [0, 0.05) is 11.1 Å². The van der Waals surface area contributed by atoms with Crippen molar-refractivity contribution in [1.82, 2.24) is 4.98 Å².